The van der Waals surface area contributed by atoms with Gasteiger partial charge in [0.25, 0.3) is 5.91 Å². The summed E-state index contributed by atoms with van der Waals surface area (Å²) in [7, 11) is 0. The number of nitrogens with one attached hydrogen (secondary N) is 3. The number of hydrogen-bond donors (Lipinski definition) is 3. The summed E-state index contributed by atoms with van der Waals surface area (Å²) in [5.74, 6) is -0.791. The van der Waals surface area contributed by atoms with Gasteiger partial charge in [-0.3, -0.25) is 4.79 Å². The molecule has 0 radical (unpaired) electrons. The van der Waals surface area contributed by atoms with Crippen LogP contribution in [0.2, 0.25) is 0 Å². The first-order valence-electron chi connectivity index (χ1n) is 8.46. The number of benzene rings is 2. The lowest BCUT2D eigenvalue weighted by Gasteiger charge is -2.29. The molecule has 3 amide bonds. The third-order valence-electron chi connectivity index (χ3n) is 4.37. The molecular weight excluding hydrogens is 385 g/mol. The van der Waals surface area contributed by atoms with Gasteiger partial charge in [0.15, 0.2) is 0 Å². The van der Waals surface area contributed by atoms with Crippen LogP contribution in [0.5, 0.6) is 0 Å². The molecule has 0 aliphatic carbocycles. The molecule has 0 spiro atoms. The van der Waals surface area contributed by atoms with Crippen molar-refractivity contribution >= 4 is 17.6 Å². The second kappa shape index (κ2) is 7.67. The minimum atomic E-state index is -4.64. The average molecular weight is 400 g/mol. The number of allylic oxidation sites excluding steroid dienone is 1. The molecule has 6 nitrogen and oxygen atoms in total. The number of carbonyl (C=O) groups excluding carboxylic acids is 2. The molecule has 0 fully saturated rings. The van der Waals surface area contributed by atoms with E-state index in [1.807, 2.05) is 6.07 Å². The van der Waals surface area contributed by atoms with Gasteiger partial charge in [0.1, 0.15) is 0 Å². The lowest BCUT2D eigenvalue weighted by molar-refractivity contribution is -0.137. The zero-order valence-corrected chi connectivity index (χ0v) is 15.1. The van der Waals surface area contributed by atoms with Gasteiger partial charge < -0.3 is 16.0 Å². The quantitative estimate of drug-likeness (QED) is 0.731. The molecule has 0 aromatic heterocycles. The topological polar surface area (TPSA) is 94.0 Å². The summed E-state index contributed by atoms with van der Waals surface area (Å²) >= 11 is 0. The maximum absolute atomic E-state index is 13.2. The molecule has 2 aromatic carbocycles. The number of urea groups is 1. The van der Waals surface area contributed by atoms with Crippen LogP contribution in [0.4, 0.5) is 23.7 Å². The monoisotopic (exact) mass is 400 g/mol. The standard InChI is InChI=1S/C20H15F3N4O2/c1-11-16(18(28)26-15-5-3-2-4-14(15)20(21,22)23)17(27-19(29)25-11)13-8-6-12(10-24)7-9-13/h2-9,17H,1H3,(H,26,28)(H2,25,27,29). The molecule has 1 heterocycles. The van der Waals surface area contributed by atoms with Gasteiger partial charge in [-0.1, -0.05) is 24.3 Å². The largest absolute Gasteiger partial charge is 0.418 e. The summed E-state index contributed by atoms with van der Waals surface area (Å²) in [5, 5.41) is 16.3. The fraction of sp³-hybridized carbons (Fsp3) is 0.150. The number of para-hydroxylation sites is 1. The zero-order valence-electron chi connectivity index (χ0n) is 15.1. The minimum Gasteiger partial charge on any atom is -0.327 e. The van der Waals surface area contributed by atoms with E-state index in [4.69, 9.17) is 5.26 Å². The number of rotatable bonds is 3. The molecule has 1 aliphatic heterocycles. The van der Waals surface area contributed by atoms with Crippen molar-refractivity contribution in [2.24, 2.45) is 0 Å². The van der Waals surface area contributed by atoms with Crippen LogP contribution in [-0.4, -0.2) is 11.9 Å². The van der Waals surface area contributed by atoms with Gasteiger partial charge in [-0.05, 0) is 36.8 Å². The summed E-state index contributed by atoms with van der Waals surface area (Å²) in [5.41, 5.74) is -0.196. The van der Waals surface area contributed by atoms with Crippen LogP contribution < -0.4 is 16.0 Å². The summed E-state index contributed by atoms with van der Waals surface area (Å²) in [6.45, 7) is 1.49. The first-order valence-corrected chi connectivity index (χ1v) is 8.46. The highest BCUT2D eigenvalue weighted by atomic mass is 19.4. The Labute approximate surface area is 164 Å². The lowest BCUT2D eigenvalue weighted by Crippen LogP contribution is -2.46. The first-order chi connectivity index (χ1) is 13.7. The van der Waals surface area contributed by atoms with E-state index < -0.39 is 29.7 Å². The molecule has 1 atom stereocenters. The molecule has 3 N–H and O–H groups in total. The molecule has 2 aromatic rings. The van der Waals surface area contributed by atoms with Crippen LogP contribution in [-0.2, 0) is 11.0 Å². The van der Waals surface area contributed by atoms with Gasteiger partial charge in [-0.2, -0.15) is 18.4 Å². The molecule has 9 heteroatoms. The molecule has 0 saturated heterocycles. The van der Waals surface area contributed by atoms with E-state index >= 15 is 0 Å². The van der Waals surface area contributed by atoms with Gasteiger partial charge in [0.05, 0.1) is 34.5 Å². The van der Waals surface area contributed by atoms with Crippen LogP contribution >= 0.6 is 0 Å². The Morgan fingerprint density at radius 1 is 1.14 bits per heavy atom. The van der Waals surface area contributed by atoms with Crippen molar-refractivity contribution in [1.82, 2.24) is 10.6 Å². The molecular formula is C20H15F3N4O2. The van der Waals surface area contributed by atoms with Crippen molar-refractivity contribution in [3.05, 3.63) is 76.5 Å². The zero-order chi connectivity index (χ0) is 21.2. The Balaban J connectivity index is 1.98. The smallest absolute Gasteiger partial charge is 0.327 e. The van der Waals surface area contributed by atoms with Gasteiger partial charge in [-0.15, -0.1) is 0 Å². The highest BCUT2D eigenvalue weighted by molar-refractivity contribution is 6.07. The van der Waals surface area contributed by atoms with E-state index in [-0.39, 0.29) is 17.0 Å². The maximum atomic E-state index is 13.2. The van der Waals surface area contributed by atoms with E-state index in [1.165, 1.54) is 31.2 Å². The van der Waals surface area contributed by atoms with Gasteiger partial charge >= 0.3 is 12.2 Å². The third kappa shape index (κ3) is 4.21. The fourth-order valence-corrected chi connectivity index (χ4v) is 3.02. The SMILES string of the molecule is CC1=C(C(=O)Nc2ccccc2C(F)(F)F)C(c2ccc(C#N)cc2)NC(=O)N1. The van der Waals surface area contributed by atoms with Crippen LogP contribution in [0.15, 0.2) is 59.8 Å². The van der Waals surface area contributed by atoms with E-state index in [9.17, 15) is 22.8 Å². The van der Waals surface area contributed by atoms with Gasteiger partial charge in [0.2, 0.25) is 0 Å². The molecule has 1 unspecified atom stereocenters. The normalized spacial score (nSPS) is 16.5. The number of alkyl halides is 3. The average Bonchev–Trinajstić information content (AvgIpc) is 2.67. The summed E-state index contributed by atoms with van der Waals surface area (Å²) in [6.07, 6.45) is -4.64. The van der Waals surface area contributed by atoms with Crippen LogP contribution in [0, 0.1) is 11.3 Å². The van der Waals surface area contributed by atoms with Crippen LogP contribution in [0.25, 0.3) is 0 Å². The molecule has 148 valence electrons. The lowest BCUT2D eigenvalue weighted by atomic mass is 9.94. The second-order valence-electron chi connectivity index (χ2n) is 6.30. The summed E-state index contributed by atoms with van der Waals surface area (Å²) in [4.78, 5) is 24.8. The number of anilines is 1. The van der Waals surface area contributed by atoms with Gasteiger partial charge in [-0.25, -0.2) is 4.79 Å². The van der Waals surface area contributed by atoms with E-state index in [0.29, 0.717) is 11.1 Å². The summed E-state index contributed by atoms with van der Waals surface area (Å²) in [6, 6.07) is 11.3. The molecule has 0 bridgehead atoms. The van der Waals surface area contributed by atoms with Crippen LogP contribution in [0.3, 0.4) is 0 Å². The van der Waals surface area contributed by atoms with E-state index in [2.05, 4.69) is 16.0 Å². The van der Waals surface area contributed by atoms with Crippen molar-refractivity contribution in [2.45, 2.75) is 19.1 Å². The van der Waals surface area contributed by atoms with Crippen molar-refractivity contribution in [2.75, 3.05) is 5.32 Å². The molecule has 0 saturated carbocycles. The predicted molar refractivity (Wildman–Crippen MR) is 98.3 cm³/mol. The molecule has 29 heavy (non-hydrogen) atoms. The Bertz CT molecular complexity index is 1040. The van der Waals surface area contributed by atoms with E-state index in [0.717, 1.165) is 12.1 Å². The van der Waals surface area contributed by atoms with Crippen molar-refractivity contribution in [3.8, 4) is 6.07 Å². The number of amides is 3. The maximum Gasteiger partial charge on any atom is 0.418 e. The first kappa shape index (κ1) is 19.9. The highest BCUT2D eigenvalue weighted by Crippen LogP contribution is 2.35. The Morgan fingerprint density at radius 2 is 1.79 bits per heavy atom. The Kier molecular flexibility index (Phi) is 5.28. The second-order valence-corrected chi connectivity index (χ2v) is 6.30. The number of hydrogen-bond acceptors (Lipinski definition) is 3. The number of nitriles is 1. The van der Waals surface area contributed by atoms with Crippen molar-refractivity contribution < 1.29 is 22.8 Å². The van der Waals surface area contributed by atoms with Crippen LogP contribution in [0.1, 0.15) is 29.7 Å². The molecule has 3 rings (SSSR count). The third-order valence-corrected chi connectivity index (χ3v) is 4.37. The summed E-state index contributed by atoms with van der Waals surface area (Å²) < 4.78 is 39.7. The number of halogens is 3. The molecule has 1 aliphatic rings. The Morgan fingerprint density at radius 3 is 2.41 bits per heavy atom. The minimum absolute atomic E-state index is 0.0614. The highest BCUT2D eigenvalue weighted by Gasteiger charge is 2.35. The van der Waals surface area contributed by atoms with E-state index in [1.54, 1.807) is 12.1 Å². The number of carbonyl (C=O) groups is 2. The Hall–Kier alpha value is -3.80. The van der Waals surface area contributed by atoms with Crippen molar-refractivity contribution in [1.29, 1.82) is 5.26 Å². The fourth-order valence-electron chi connectivity index (χ4n) is 3.02. The van der Waals surface area contributed by atoms with Crippen molar-refractivity contribution in [3.63, 3.8) is 0 Å². The number of nitrogens with zero attached hydrogens (tertiary/aromatic N) is 1. The van der Waals surface area contributed by atoms with Gasteiger partial charge in [0, 0.05) is 5.70 Å². The predicted octanol–water partition coefficient (Wildman–Crippen LogP) is 3.84.